The van der Waals surface area contributed by atoms with Crippen molar-refractivity contribution in [3.05, 3.63) is 52.6 Å². The summed E-state index contributed by atoms with van der Waals surface area (Å²) >= 11 is 5.96. The molecule has 3 rings (SSSR count). The quantitative estimate of drug-likeness (QED) is 0.805. The van der Waals surface area contributed by atoms with E-state index < -0.39 is 0 Å². The topological polar surface area (TPSA) is 58.6 Å². The van der Waals surface area contributed by atoms with Crippen LogP contribution in [0.5, 0.6) is 5.75 Å². The number of benzene rings is 1. The van der Waals surface area contributed by atoms with Crippen LogP contribution >= 0.6 is 11.6 Å². The van der Waals surface area contributed by atoms with Crippen molar-refractivity contribution >= 4 is 17.5 Å². The van der Waals surface area contributed by atoms with E-state index in [9.17, 15) is 4.79 Å². The molecule has 0 N–H and O–H groups in total. The molecule has 6 nitrogen and oxygen atoms in total. The average molecular weight is 375 g/mol. The fraction of sp³-hybridized carbons (Fsp3) is 0.421. The molecule has 0 unspecified atom stereocenters. The predicted molar refractivity (Wildman–Crippen MR) is 101 cm³/mol. The van der Waals surface area contributed by atoms with Gasteiger partial charge in [0.05, 0.1) is 11.3 Å². The molecule has 1 fully saturated rings. The second-order valence-corrected chi connectivity index (χ2v) is 6.85. The first-order chi connectivity index (χ1) is 12.5. The zero-order valence-corrected chi connectivity index (χ0v) is 15.9. The first-order valence-electron chi connectivity index (χ1n) is 8.72. The van der Waals surface area contributed by atoms with Gasteiger partial charge in [0.1, 0.15) is 18.7 Å². The van der Waals surface area contributed by atoms with Gasteiger partial charge in [-0.25, -0.2) is 9.97 Å². The summed E-state index contributed by atoms with van der Waals surface area (Å²) < 4.78 is 5.86. The first-order valence-corrected chi connectivity index (χ1v) is 9.09. The highest BCUT2D eigenvalue weighted by atomic mass is 35.5. The van der Waals surface area contributed by atoms with Gasteiger partial charge in [0, 0.05) is 43.9 Å². The molecule has 1 aromatic carbocycles. The van der Waals surface area contributed by atoms with Crippen LogP contribution in [-0.4, -0.2) is 65.0 Å². The Balaban J connectivity index is 1.45. The minimum absolute atomic E-state index is 0.00999. The zero-order valence-electron chi connectivity index (χ0n) is 15.1. The average Bonchev–Trinajstić information content (AvgIpc) is 2.64. The molecule has 26 heavy (non-hydrogen) atoms. The van der Waals surface area contributed by atoms with Crippen LogP contribution in [0.3, 0.4) is 0 Å². The molecule has 1 aliphatic heterocycles. The Morgan fingerprint density at radius 1 is 1.23 bits per heavy atom. The van der Waals surface area contributed by atoms with E-state index in [0.717, 1.165) is 41.7 Å². The molecule has 2 heterocycles. The van der Waals surface area contributed by atoms with E-state index in [1.54, 1.807) is 6.20 Å². The summed E-state index contributed by atoms with van der Waals surface area (Å²) in [4.78, 5) is 24.8. The van der Waals surface area contributed by atoms with Gasteiger partial charge < -0.3 is 9.64 Å². The predicted octanol–water partition coefficient (Wildman–Crippen LogP) is 2.58. The monoisotopic (exact) mass is 374 g/mol. The molecule has 2 aromatic rings. The summed E-state index contributed by atoms with van der Waals surface area (Å²) in [5.41, 5.74) is 2.34. The normalized spacial score (nSPS) is 15.1. The Morgan fingerprint density at radius 2 is 2.00 bits per heavy atom. The van der Waals surface area contributed by atoms with Gasteiger partial charge in [-0.2, -0.15) is 0 Å². The largest absolute Gasteiger partial charge is 0.492 e. The summed E-state index contributed by atoms with van der Waals surface area (Å²) in [7, 11) is 0. The fourth-order valence-electron chi connectivity index (χ4n) is 3.01. The highest BCUT2D eigenvalue weighted by molar-refractivity contribution is 6.30. The molecule has 0 atom stereocenters. The van der Waals surface area contributed by atoms with Crippen LogP contribution in [0, 0.1) is 13.8 Å². The highest BCUT2D eigenvalue weighted by Crippen LogP contribution is 2.21. The van der Waals surface area contributed by atoms with Gasteiger partial charge in [-0.05, 0) is 37.6 Å². The molecule has 0 aliphatic carbocycles. The minimum Gasteiger partial charge on any atom is -0.492 e. The molecule has 1 amide bonds. The molecule has 1 saturated heterocycles. The number of amides is 1. The van der Waals surface area contributed by atoms with Crippen LogP contribution in [0.15, 0.2) is 30.7 Å². The SMILES string of the molecule is Cc1cc(Cl)ccc1OCCN1CCN(C(=O)c2cncnc2C)CC1. The van der Waals surface area contributed by atoms with Crippen molar-refractivity contribution in [2.75, 3.05) is 39.3 Å². The van der Waals surface area contributed by atoms with Gasteiger partial charge in [-0.1, -0.05) is 11.6 Å². The zero-order chi connectivity index (χ0) is 18.5. The van der Waals surface area contributed by atoms with Crippen molar-refractivity contribution in [2.24, 2.45) is 0 Å². The van der Waals surface area contributed by atoms with Gasteiger partial charge >= 0.3 is 0 Å². The van der Waals surface area contributed by atoms with Crippen LogP contribution in [0.25, 0.3) is 0 Å². The fourth-order valence-corrected chi connectivity index (χ4v) is 3.23. The molecule has 0 bridgehead atoms. The lowest BCUT2D eigenvalue weighted by Gasteiger charge is -2.34. The third-order valence-corrected chi connectivity index (χ3v) is 4.84. The first kappa shape index (κ1) is 18.6. The number of carbonyl (C=O) groups is 1. The second-order valence-electron chi connectivity index (χ2n) is 6.41. The van der Waals surface area contributed by atoms with Gasteiger partial charge in [0.2, 0.25) is 0 Å². The van der Waals surface area contributed by atoms with E-state index in [-0.39, 0.29) is 5.91 Å². The maximum absolute atomic E-state index is 12.6. The van der Waals surface area contributed by atoms with E-state index in [1.165, 1.54) is 6.33 Å². The van der Waals surface area contributed by atoms with Crippen molar-refractivity contribution in [3.8, 4) is 5.75 Å². The maximum atomic E-state index is 12.6. The highest BCUT2D eigenvalue weighted by Gasteiger charge is 2.23. The van der Waals surface area contributed by atoms with Crippen molar-refractivity contribution < 1.29 is 9.53 Å². The Labute approximate surface area is 158 Å². The Hall–Kier alpha value is -2.18. The van der Waals surface area contributed by atoms with Crippen molar-refractivity contribution in [3.63, 3.8) is 0 Å². The molecule has 0 saturated carbocycles. The van der Waals surface area contributed by atoms with E-state index in [2.05, 4.69) is 14.9 Å². The molecule has 0 spiro atoms. The lowest BCUT2D eigenvalue weighted by Crippen LogP contribution is -2.49. The summed E-state index contributed by atoms with van der Waals surface area (Å²) in [6.45, 7) is 8.34. The van der Waals surface area contributed by atoms with Crippen LogP contribution < -0.4 is 4.74 Å². The van der Waals surface area contributed by atoms with E-state index in [0.29, 0.717) is 25.3 Å². The van der Waals surface area contributed by atoms with Crippen LogP contribution in [0.4, 0.5) is 0 Å². The summed E-state index contributed by atoms with van der Waals surface area (Å²) in [5.74, 6) is 0.874. The summed E-state index contributed by atoms with van der Waals surface area (Å²) in [6.07, 6.45) is 3.06. The van der Waals surface area contributed by atoms with Gasteiger partial charge in [-0.15, -0.1) is 0 Å². The Morgan fingerprint density at radius 3 is 2.69 bits per heavy atom. The smallest absolute Gasteiger partial charge is 0.257 e. The molecule has 1 aliphatic rings. The van der Waals surface area contributed by atoms with Crippen molar-refractivity contribution in [1.82, 2.24) is 19.8 Å². The second kappa shape index (κ2) is 8.47. The molecule has 0 radical (unpaired) electrons. The molecule has 138 valence electrons. The van der Waals surface area contributed by atoms with Gasteiger partial charge in [-0.3, -0.25) is 9.69 Å². The molecular formula is C19H23ClN4O2. The number of aryl methyl sites for hydroxylation is 2. The van der Waals surface area contributed by atoms with Crippen LogP contribution in [0.1, 0.15) is 21.6 Å². The molecular weight excluding hydrogens is 352 g/mol. The summed E-state index contributed by atoms with van der Waals surface area (Å²) in [6, 6.07) is 5.64. The molecule has 1 aromatic heterocycles. The number of nitrogens with zero attached hydrogens (tertiary/aromatic N) is 4. The van der Waals surface area contributed by atoms with E-state index >= 15 is 0 Å². The van der Waals surface area contributed by atoms with Gasteiger partial charge in [0.25, 0.3) is 5.91 Å². The van der Waals surface area contributed by atoms with Crippen molar-refractivity contribution in [1.29, 1.82) is 0 Å². The number of carbonyl (C=O) groups excluding carboxylic acids is 1. The van der Waals surface area contributed by atoms with E-state index in [1.807, 2.05) is 36.9 Å². The van der Waals surface area contributed by atoms with Crippen LogP contribution in [-0.2, 0) is 0 Å². The van der Waals surface area contributed by atoms with E-state index in [4.69, 9.17) is 16.3 Å². The Bertz CT molecular complexity index is 776. The Kier molecular flexibility index (Phi) is 6.06. The number of halogens is 1. The van der Waals surface area contributed by atoms with Crippen LogP contribution in [0.2, 0.25) is 5.02 Å². The number of piperazine rings is 1. The number of aromatic nitrogens is 2. The number of hydrogen-bond acceptors (Lipinski definition) is 5. The maximum Gasteiger partial charge on any atom is 0.257 e. The minimum atomic E-state index is 0.00999. The number of rotatable bonds is 5. The van der Waals surface area contributed by atoms with Gasteiger partial charge in [0.15, 0.2) is 0 Å². The van der Waals surface area contributed by atoms with Crippen molar-refractivity contribution in [2.45, 2.75) is 13.8 Å². The third-order valence-electron chi connectivity index (χ3n) is 4.60. The lowest BCUT2D eigenvalue weighted by molar-refractivity contribution is 0.0618. The number of hydrogen-bond donors (Lipinski definition) is 0. The summed E-state index contributed by atoms with van der Waals surface area (Å²) in [5, 5.41) is 0.717. The molecule has 7 heteroatoms. The number of ether oxygens (including phenoxy) is 1. The lowest BCUT2D eigenvalue weighted by atomic mass is 10.2. The third kappa shape index (κ3) is 4.51. The standard InChI is InChI=1S/C19H23ClN4O2/c1-14-11-16(20)3-4-18(14)26-10-9-23-5-7-24(8-6-23)19(25)17-12-21-13-22-15(17)2/h3-4,11-13H,5-10H2,1-2H3.